The molecule has 0 bridgehead atoms. The van der Waals surface area contributed by atoms with Crippen LogP contribution < -0.4 is 10.6 Å². The number of hydrogen-bond donors (Lipinski definition) is 2. The second-order valence-electron chi connectivity index (χ2n) is 7.35. The van der Waals surface area contributed by atoms with Gasteiger partial charge in [-0.25, -0.2) is 0 Å². The van der Waals surface area contributed by atoms with Crippen molar-refractivity contribution in [3.05, 3.63) is 47.2 Å². The first-order valence-corrected chi connectivity index (χ1v) is 8.78. The second kappa shape index (κ2) is 8.17. The lowest BCUT2D eigenvalue weighted by atomic mass is 9.80. The predicted molar refractivity (Wildman–Crippen MR) is 101 cm³/mol. The normalized spacial score (nSPS) is 12.5. The summed E-state index contributed by atoms with van der Waals surface area (Å²) in [6, 6.07) is 9.33. The molecule has 2 amide bonds. The van der Waals surface area contributed by atoms with E-state index in [1.165, 1.54) is 11.1 Å². The first-order valence-electron chi connectivity index (χ1n) is 8.78. The molecular weight excluding hydrogens is 330 g/mol. The fourth-order valence-corrected chi connectivity index (χ4v) is 2.61. The molecule has 0 spiro atoms. The van der Waals surface area contributed by atoms with E-state index < -0.39 is 6.04 Å². The standard InChI is InChI=1S/C20H27N3O3/c1-13-6-8-16(9-7-13)20(4,5)11-10-18(24)21-15(3)19(25)22-17-12-14(2)26-23-17/h6-9,12,15H,10-11H2,1-5H3,(H,21,24)(H,22,23,25)/t15-/m0/s1. The average molecular weight is 357 g/mol. The maximum Gasteiger partial charge on any atom is 0.247 e. The lowest BCUT2D eigenvalue weighted by molar-refractivity contribution is -0.126. The highest BCUT2D eigenvalue weighted by Gasteiger charge is 2.23. The first-order chi connectivity index (χ1) is 12.2. The summed E-state index contributed by atoms with van der Waals surface area (Å²) in [4.78, 5) is 24.3. The Hall–Kier alpha value is -2.63. The molecule has 6 heteroatoms. The predicted octanol–water partition coefficient (Wildman–Crippen LogP) is 3.49. The summed E-state index contributed by atoms with van der Waals surface area (Å²) in [5.41, 5.74) is 2.29. The Morgan fingerprint density at radius 2 is 1.85 bits per heavy atom. The number of rotatable bonds is 7. The number of carbonyl (C=O) groups is 2. The number of aromatic nitrogens is 1. The lowest BCUT2D eigenvalue weighted by Crippen LogP contribution is -2.42. The van der Waals surface area contributed by atoms with Crippen LogP contribution in [-0.4, -0.2) is 23.0 Å². The highest BCUT2D eigenvalue weighted by atomic mass is 16.5. The molecule has 0 aliphatic carbocycles. The summed E-state index contributed by atoms with van der Waals surface area (Å²) in [5.74, 6) is 0.470. The Kier molecular flexibility index (Phi) is 6.18. The van der Waals surface area contributed by atoms with Crippen LogP contribution in [0.5, 0.6) is 0 Å². The Morgan fingerprint density at radius 1 is 1.19 bits per heavy atom. The quantitative estimate of drug-likeness (QED) is 0.794. The SMILES string of the molecule is Cc1ccc(C(C)(C)CCC(=O)N[C@@H](C)C(=O)Nc2cc(C)on2)cc1. The number of anilines is 1. The van der Waals surface area contributed by atoms with Gasteiger partial charge in [0, 0.05) is 12.5 Å². The molecule has 1 aromatic carbocycles. The highest BCUT2D eigenvalue weighted by molar-refractivity contribution is 5.96. The van der Waals surface area contributed by atoms with E-state index in [-0.39, 0.29) is 17.2 Å². The molecule has 2 aromatic rings. The van der Waals surface area contributed by atoms with Gasteiger partial charge in [0.1, 0.15) is 11.8 Å². The molecule has 0 saturated carbocycles. The molecule has 0 fully saturated rings. The molecule has 6 nitrogen and oxygen atoms in total. The third-order valence-electron chi connectivity index (χ3n) is 4.46. The van der Waals surface area contributed by atoms with Crippen LogP contribution >= 0.6 is 0 Å². The van der Waals surface area contributed by atoms with Gasteiger partial charge in [-0.05, 0) is 38.2 Å². The third-order valence-corrected chi connectivity index (χ3v) is 4.46. The van der Waals surface area contributed by atoms with Crippen molar-refractivity contribution in [3.8, 4) is 0 Å². The van der Waals surface area contributed by atoms with Crippen LogP contribution in [0, 0.1) is 13.8 Å². The van der Waals surface area contributed by atoms with E-state index >= 15 is 0 Å². The van der Waals surface area contributed by atoms with Crippen LogP contribution in [0.3, 0.4) is 0 Å². The summed E-state index contributed by atoms with van der Waals surface area (Å²) in [5, 5.41) is 9.05. The molecule has 0 unspecified atom stereocenters. The van der Waals surface area contributed by atoms with E-state index in [9.17, 15) is 9.59 Å². The Bertz CT molecular complexity index is 763. The maximum atomic E-state index is 12.2. The molecular formula is C20H27N3O3. The Balaban J connectivity index is 1.83. The van der Waals surface area contributed by atoms with Crippen LogP contribution in [-0.2, 0) is 15.0 Å². The van der Waals surface area contributed by atoms with Gasteiger partial charge >= 0.3 is 0 Å². The summed E-state index contributed by atoms with van der Waals surface area (Å²) in [6.45, 7) is 9.67. The van der Waals surface area contributed by atoms with Crippen molar-refractivity contribution in [1.82, 2.24) is 10.5 Å². The number of nitrogens with one attached hydrogen (secondary N) is 2. The van der Waals surface area contributed by atoms with E-state index in [4.69, 9.17) is 4.52 Å². The summed E-state index contributed by atoms with van der Waals surface area (Å²) in [7, 11) is 0. The molecule has 1 heterocycles. The van der Waals surface area contributed by atoms with Gasteiger partial charge < -0.3 is 15.2 Å². The fourth-order valence-electron chi connectivity index (χ4n) is 2.61. The molecule has 2 rings (SSSR count). The highest BCUT2D eigenvalue weighted by Crippen LogP contribution is 2.28. The largest absolute Gasteiger partial charge is 0.360 e. The zero-order valence-corrected chi connectivity index (χ0v) is 16.1. The number of carbonyl (C=O) groups excluding carboxylic acids is 2. The van der Waals surface area contributed by atoms with Gasteiger partial charge in [-0.15, -0.1) is 0 Å². The van der Waals surface area contributed by atoms with E-state index in [1.54, 1.807) is 19.9 Å². The monoisotopic (exact) mass is 357 g/mol. The minimum atomic E-state index is -0.651. The third kappa shape index (κ3) is 5.44. The summed E-state index contributed by atoms with van der Waals surface area (Å²) < 4.78 is 4.90. The summed E-state index contributed by atoms with van der Waals surface area (Å²) in [6.07, 6.45) is 1.04. The number of hydrogen-bond acceptors (Lipinski definition) is 4. The van der Waals surface area contributed by atoms with Crippen molar-refractivity contribution < 1.29 is 14.1 Å². The zero-order valence-electron chi connectivity index (χ0n) is 16.1. The summed E-state index contributed by atoms with van der Waals surface area (Å²) >= 11 is 0. The molecule has 1 aromatic heterocycles. The van der Waals surface area contributed by atoms with E-state index in [0.717, 1.165) is 0 Å². The molecule has 1 atom stereocenters. The molecule has 0 aliphatic heterocycles. The second-order valence-corrected chi connectivity index (χ2v) is 7.35. The van der Waals surface area contributed by atoms with Crippen molar-refractivity contribution in [2.45, 2.75) is 58.9 Å². The van der Waals surface area contributed by atoms with Crippen molar-refractivity contribution in [3.63, 3.8) is 0 Å². The maximum absolute atomic E-state index is 12.2. The molecule has 2 N–H and O–H groups in total. The van der Waals surface area contributed by atoms with Gasteiger partial charge in [-0.3, -0.25) is 9.59 Å². The lowest BCUT2D eigenvalue weighted by Gasteiger charge is -2.25. The van der Waals surface area contributed by atoms with Crippen molar-refractivity contribution >= 4 is 17.6 Å². The van der Waals surface area contributed by atoms with Gasteiger partial charge in [0.05, 0.1) is 0 Å². The molecule has 0 aliphatic rings. The van der Waals surface area contributed by atoms with Crippen LogP contribution in [0.2, 0.25) is 0 Å². The van der Waals surface area contributed by atoms with Gasteiger partial charge in [0.2, 0.25) is 11.8 Å². The number of amides is 2. The number of aryl methyl sites for hydroxylation is 2. The van der Waals surface area contributed by atoms with Gasteiger partial charge in [0.15, 0.2) is 5.82 Å². The van der Waals surface area contributed by atoms with Crippen molar-refractivity contribution in [2.75, 3.05) is 5.32 Å². The van der Waals surface area contributed by atoms with Gasteiger partial charge in [0.25, 0.3) is 0 Å². The smallest absolute Gasteiger partial charge is 0.247 e. The van der Waals surface area contributed by atoms with E-state index in [0.29, 0.717) is 24.4 Å². The van der Waals surface area contributed by atoms with Gasteiger partial charge in [-0.2, -0.15) is 0 Å². The topological polar surface area (TPSA) is 84.2 Å². The van der Waals surface area contributed by atoms with Gasteiger partial charge in [-0.1, -0.05) is 48.8 Å². The Morgan fingerprint density at radius 3 is 2.42 bits per heavy atom. The number of benzene rings is 1. The zero-order chi connectivity index (χ0) is 19.3. The molecule has 0 radical (unpaired) electrons. The molecule has 140 valence electrons. The fraction of sp³-hybridized carbons (Fsp3) is 0.450. The minimum absolute atomic E-state index is 0.116. The van der Waals surface area contributed by atoms with Crippen molar-refractivity contribution in [2.24, 2.45) is 0 Å². The van der Waals surface area contributed by atoms with E-state index in [1.807, 2.05) is 0 Å². The molecule has 0 saturated heterocycles. The minimum Gasteiger partial charge on any atom is -0.360 e. The van der Waals surface area contributed by atoms with Crippen LogP contribution in [0.15, 0.2) is 34.9 Å². The number of nitrogens with zero attached hydrogens (tertiary/aromatic N) is 1. The first kappa shape index (κ1) is 19.7. The molecule has 26 heavy (non-hydrogen) atoms. The van der Waals surface area contributed by atoms with Crippen molar-refractivity contribution in [1.29, 1.82) is 0 Å². The van der Waals surface area contributed by atoms with Crippen LogP contribution in [0.1, 0.15) is 50.5 Å². The van der Waals surface area contributed by atoms with Crippen LogP contribution in [0.25, 0.3) is 0 Å². The Labute approximate surface area is 154 Å². The average Bonchev–Trinajstić information content (AvgIpc) is 2.98. The van der Waals surface area contributed by atoms with E-state index in [2.05, 4.69) is 60.8 Å². The van der Waals surface area contributed by atoms with Crippen LogP contribution in [0.4, 0.5) is 5.82 Å².